The number of carbonyl (C=O) groups is 1. The maximum absolute atomic E-state index is 11.1. The van der Waals surface area contributed by atoms with Crippen molar-refractivity contribution in [2.24, 2.45) is 5.11 Å². The van der Waals surface area contributed by atoms with Crippen molar-refractivity contribution in [2.75, 3.05) is 0 Å². The predicted molar refractivity (Wildman–Crippen MR) is 64.6 cm³/mol. The second kappa shape index (κ2) is 6.55. The molecule has 0 aliphatic carbocycles. The molecule has 0 bridgehead atoms. The Morgan fingerprint density at radius 3 is 2.59 bits per heavy atom. The minimum atomic E-state index is -0.797. The molecular weight excluding hydrogens is 218 g/mol. The maximum atomic E-state index is 11.1. The van der Waals surface area contributed by atoms with Crippen molar-refractivity contribution in [3.63, 3.8) is 0 Å². The summed E-state index contributed by atoms with van der Waals surface area (Å²) in [5, 5.41) is 12.6. The number of carboxylic acids is 1. The molecule has 0 unspecified atom stereocenters. The van der Waals surface area contributed by atoms with Gasteiger partial charge in [0, 0.05) is 4.91 Å². The third-order valence-electron chi connectivity index (χ3n) is 2.57. The molecular formula is C12H15N3O2. The molecule has 5 heteroatoms. The maximum Gasteiger partial charge on any atom is 0.310 e. The summed E-state index contributed by atoms with van der Waals surface area (Å²) >= 11 is 0. The monoisotopic (exact) mass is 233 g/mol. The molecule has 0 aliphatic rings. The van der Waals surface area contributed by atoms with E-state index in [1.807, 2.05) is 6.92 Å². The number of carboxylic acid groups (broad SMARTS) is 1. The van der Waals surface area contributed by atoms with Crippen molar-refractivity contribution >= 4 is 5.97 Å². The Hall–Kier alpha value is -2.00. The number of rotatable bonds is 6. The van der Waals surface area contributed by atoms with Crippen LogP contribution in [0, 0.1) is 0 Å². The predicted octanol–water partition coefficient (Wildman–Crippen LogP) is 3.47. The average molecular weight is 233 g/mol. The van der Waals surface area contributed by atoms with Gasteiger partial charge >= 0.3 is 5.97 Å². The summed E-state index contributed by atoms with van der Waals surface area (Å²) in [7, 11) is 0. The van der Waals surface area contributed by atoms with Crippen LogP contribution in [0.5, 0.6) is 0 Å². The minimum absolute atomic E-state index is 0.294. The Bertz CT molecular complexity index is 422. The second-order valence-electron chi connectivity index (χ2n) is 3.81. The van der Waals surface area contributed by atoms with E-state index in [-0.39, 0.29) is 0 Å². The van der Waals surface area contributed by atoms with Crippen molar-refractivity contribution in [1.82, 2.24) is 0 Å². The molecule has 1 N–H and O–H groups in total. The molecule has 1 atom stereocenters. The fourth-order valence-corrected chi connectivity index (χ4v) is 1.69. The second-order valence-corrected chi connectivity index (χ2v) is 3.81. The molecule has 0 aromatic heterocycles. The summed E-state index contributed by atoms with van der Waals surface area (Å²) in [5.41, 5.74) is 9.87. The first-order chi connectivity index (χ1) is 8.19. The summed E-state index contributed by atoms with van der Waals surface area (Å²) in [4.78, 5) is 13.8. The Morgan fingerprint density at radius 2 is 2.12 bits per heavy atom. The average Bonchev–Trinajstić information content (AvgIpc) is 2.34. The number of hydrogen-bond donors (Lipinski definition) is 1. The quantitative estimate of drug-likeness (QED) is 0.463. The highest BCUT2D eigenvalue weighted by atomic mass is 16.4. The molecule has 5 nitrogen and oxygen atoms in total. The Labute approximate surface area is 99.7 Å². The summed E-state index contributed by atoms with van der Waals surface area (Å²) in [6, 6.07) is 7.18. The molecule has 0 spiro atoms. The molecule has 1 aromatic rings. The molecule has 0 amide bonds. The van der Waals surface area contributed by atoms with Gasteiger partial charge in [-0.15, -0.1) is 0 Å². The van der Waals surface area contributed by atoms with Gasteiger partial charge in [-0.25, -0.2) is 0 Å². The van der Waals surface area contributed by atoms with Crippen LogP contribution in [0.3, 0.4) is 0 Å². The van der Waals surface area contributed by atoms with Crippen molar-refractivity contribution in [1.29, 1.82) is 0 Å². The van der Waals surface area contributed by atoms with E-state index in [1.54, 1.807) is 24.3 Å². The van der Waals surface area contributed by atoms with E-state index in [9.17, 15) is 4.79 Å². The largest absolute Gasteiger partial charge is 0.481 e. The SMILES string of the molecule is CCC[C@@H](C(=O)O)c1ccc(CN=[N+]=[N-])cc1. The van der Waals surface area contributed by atoms with E-state index in [2.05, 4.69) is 10.0 Å². The molecule has 0 radical (unpaired) electrons. The first-order valence-electron chi connectivity index (χ1n) is 5.51. The first kappa shape index (κ1) is 13.1. The zero-order valence-corrected chi connectivity index (χ0v) is 9.71. The number of azide groups is 1. The molecule has 0 saturated carbocycles. The van der Waals surface area contributed by atoms with Crippen LogP contribution in [0.1, 0.15) is 36.8 Å². The standard InChI is InChI=1S/C12H15N3O2/c1-2-3-11(12(16)17)10-6-4-9(5-7-10)8-14-15-13/h4-7,11H,2-3,8H2,1H3,(H,16,17)/t11-/m1/s1. The van der Waals surface area contributed by atoms with Crippen LogP contribution in [-0.2, 0) is 11.3 Å². The van der Waals surface area contributed by atoms with Gasteiger partial charge in [0.2, 0.25) is 0 Å². The zero-order valence-electron chi connectivity index (χ0n) is 9.71. The van der Waals surface area contributed by atoms with E-state index in [0.717, 1.165) is 17.5 Å². The lowest BCUT2D eigenvalue weighted by Gasteiger charge is -2.11. The van der Waals surface area contributed by atoms with Gasteiger partial charge in [0.25, 0.3) is 0 Å². The van der Waals surface area contributed by atoms with Gasteiger partial charge in [-0.05, 0) is 23.1 Å². The summed E-state index contributed by atoms with van der Waals surface area (Å²) in [5.74, 6) is -1.25. The summed E-state index contributed by atoms with van der Waals surface area (Å²) in [6.45, 7) is 2.26. The lowest BCUT2D eigenvalue weighted by Crippen LogP contribution is -2.11. The molecule has 90 valence electrons. The van der Waals surface area contributed by atoms with Crippen molar-refractivity contribution in [2.45, 2.75) is 32.2 Å². The summed E-state index contributed by atoms with van der Waals surface area (Å²) < 4.78 is 0. The van der Waals surface area contributed by atoms with E-state index < -0.39 is 11.9 Å². The highest BCUT2D eigenvalue weighted by Gasteiger charge is 2.18. The fourth-order valence-electron chi connectivity index (χ4n) is 1.69. The Kier molecular flexibility index (Phi) is 5.04. The zero-order chi connectivity index (χ0) is 12.7. The highest BCUT2D eigenvalue weighted by Crippen LogP contribution is 2.22. The van der Waals surface area contributed by atoms with Crippen molar-refractivity contribution in [3.8, 4) is 0 Å². The van der Waals surface area contributed by atoms with Crippen LogP contribution >= 0.6 is 0 Å². The van der Waals surface area contributed by atoms with E-state index >= 15 is 0 Å². The minimum Gasteiger partial charge on any atom is -0.481 e. The Balaban J connectivity index is 2.83. The van der Waals surface area contributed by atoms with Gasteiger partial charge < -0.3 is 5.11 Å². The summed E-state index contributed by atoms with van der Waals surface area (Å²) in [6.07, 6.45) is 1.46. The lowest BCUT2D eigenvalue weighted by molar-refractivity contribution is -0.139. The van der Waals surface area contributed by atoms with E-state index in [1.165, 1.54) is 0 Å². The van der Waals surface area contributed by atoms with Gasteiger partial charge in [-0.2, -0.15) is 0 Å². The fraction of sp³-hybridized carbons (Fsp3) is 0.417. The van der Waals surface area contributed by atoms with E-state index in [4.69, 9.17) is 10.6 Å². The van der Waals surface area contributed by atoms with Crippen LogP contribution in [0.4, 0.5) is 0 Å². The normalized spacial score (nSPS) is 11.6. The molecule has 1 rings (SSSR count). The van der Waals surface area contributed by atoms with Gasteiger partial charge in [-0.1, -0.05) is 42.7 Å². The van der Waals surface area contributed by atoms with Gasteiger partial charge in [0.15, 0.2) is 0 Å². The van der Waals surface area contributed by atoms with Crippen LogP contribution in [-0.4, -0.2) is 11.1 Å². The third kappa shape index (κ3) is 3.81. The van der Waals surface area contributed by atoms with Crippen LogP contribution in [0.25, 0.3) is 10.4 Å². The van der Waals surface area contributed by atoms with Gasteiger partial charge in [0.1, 0.15) is 0 Å². The van der Waals surface area contributed by atoms with Gasteiger partial charge in [-0.3, -0.25) is 4.79 Å². The molecule has 0 aliphatic heterocycles. The van der Waals surface area contributed by atoms with Gasteiger partial charge in [0.05, 0.1) is 12.5 Å². The highest BCUT2D eigenvalue weighted by molar-refractivity contribution is 5.76. The molecule has 0 saturated heterocycles. The van der Waals surface area contributed by atoms with Crippen LogP contribution in [0.15, 0.2) is 29.4 Å². The smallest absolute Gasteiger partial charge is 0.310 e. The van der Waals surface area contributed by atoms with Crippen molar-refractivity contribution < 1.29 is 9.90 Å². The first-order valence-corrected chi connectivity index (χ1v) is 5.51. The molecule has 0 heterocycles. The number of hydrogen-bond acceptors (Lipinski definition) is 2. The third-order valence-corrected chi connectivity index (χ3v) is 2.57. The lowest BCUT2D eigenvalue weighted by atomic mass is 9.94. The van der Waals surface area contributed by atoms with E-state index in [0.29, 0.717) is 13.0 Å². The number of benzene rings is 1. The van der Waals surface area contributed by atoms with Crippen LogP contribution in [0.2, 0.25) is 0 Å². The van der Waals surface area contributed by atoms with Crippen LogP contribution < -0.4 is 0 Å². The molecule has 17 heavy (non-hydrogen) atoms. The Morgan fingerprint density at radius 1 is 1.47 bits per heavy atom. The number of aliphatic carboxylic acids is 1. The topological polar surface area (TPSA) is 86.1 Å². The number of nitrogens with zero attached hydrogens (tertiary/aromatic N) is 3. The molecule has 0 fully saturated rings. The molecule has 1 aromatic carbocycles. The van der Waals surface area contributed by atoms with Crippen molar-refractivity contribution in [3.05, 3.63) is 45.8 Å².